The number of thiocarbonyl (C=S) groups is 1. The topological polar surface area (TPSA) is 51.6 Å². The molecular formula is C33H28Cl2N4O2S. The maximum atomic E-state index is 6.68. The molecule has 0 unspecified atom stereocenters. The Morgan fingerprint density at radius 1 is 0.857 bits per heavy atom. The van der Waals surface area contributed by atoms with Gasteiger partial charge in [-0.15, -0.1) is 0 Å². The quantitative estimate of drug-likeness (QED) is 0.185. The summed E-state index contributed by atoms with van der Waals surface area (Å²) in [7, 11) is 1.64. The van der Waals surface area contributed by atoms with E-state index in [-0.39, 0.29) is 12.1 Å². The van der Waals surface area contributed by atoms with E-state index in [1.165, 1.54) is 0 Å². The Morgan fingerprint density at radius 3 is 2.21 bits per heavy atom. The van der Waals surface area contributed by atoms with Crippen LogP contribution < -0.4 is 19.7 Å². The fourth-order valence-electron chi connectivity index (χ4n) is 5.53. The van der Waals surface area contributed by atoms with Crippen molar-refractivity contribution < 1.29 is 9.47 Å². The van der Waals surface area contributed by atoms with Crippen LogP contribution in [0.3, 0.4) is 0 Å². The summed E-state index contributed by atoms with van der Waals surface area (Å²) in [6.45, 7) is 4.17. The highest BCUT2D eigenvalue weighted by Gasteiger charge is 2.42. The van der Waals surface area contributed by atoms with E-state index in [2.05, 4.69) is 34.7 Å². The first-order valence-electron chi connectivity index (χ1n) is 13.4. The molecule has 0 amide bonds. The lowest BCUT2D eigenvalue weighted by atomic mass is 9.96. The van der Waals surface area contributed by atoms with Gasteiger partial charge in [0.05, 0.1) is 40.6 Å². The largest absolute Gasteiger partial charge is 0.497 e. The molecule has 2 atom stereocenters. The van der Waals surface area contributed by atoms with Crippen LogP contribution in [-0.2, 0) is 0 Å². The summed E-state index contributed by atoms with van der Waals surface area (Å²) >= 11 is 19.0. The number of anilines is 1. The number of methoxy groups -OCH3 is 1. The molecule has 1 fully saturated rings. The van der Waals surface area contributed by atoms with Crippen molar-refractivity contribution in [2.75, 3.05) is 12.0 Å². The van der Waals surface area contributed by atoms with Gasteiger partial charge in [0.15, 0.2) is 5.11 Å². The molecule has 5 aromatic rings. The summed E-state index contributed by atoms with van der Waals surface area (Å²) in [4.78, 5) is 6.84. The van der Waals surface area contributed by atoms with E-state index >= 15 is 0 Å². The molecule has 0 saturated carbocycles. The fraction of sp³-hybridized carbons (Fsp3) is 0.152. The molecule has 0 bridgehead atoms. The fourth-order valence-corrected chi connectivity index (χ4v) is 6.25. The molecule has 1 saturated heterocycles. The normalized spacial score (nSPS) is 16.4. The summed E-state index contributed by atoms with van der Waals surface area (Å²) < 4.78 is 13.5. The van der Waals surface area contributed by atoms with Crippen LogP contribution in [0.1, 0.15) is 34.7 Å². The number of rotatable bonds is 7. The van der Waals surface area contributed by atoms with Crippen LogP contribution in [-0.4, -0.2) is 21.8 Å². The minimum Gasteiger partial charge on any atom is -0.497 e. The molecule has 212 valence electrons. The second-order valence-electron chi connectivity index (χ2n) is 10.0. The van der Waals surface area contributed by atoms with Crippen LogP contribution in [0.4, 0.5) is 5.69 Å². The smallest absolute Gasteiger partial charge is 0.174 e. The first kappa shape index (κ1) is 28.1. The number of nitrogens with one attached hydrogen (secondary N) is 1. The third-order valence-electron chi connectivity index (χ3n) is 7.47. The van der Waals surface area contributed by atoms with Crippen LogP contribution in [0, 0.1) is 13.8 Å². The Labute approximate surface area is 260 Å². The summed E-state index contributed by atoms with van der Waals surface area (Å²) in [5.41, 5.74) is 5.84. The highest BCUT2D eigenvalue weighted by atomic mass is 35.5. The predicted octanol–water partition coefficient (Wildman–Crippen LogP) is 8.77. The molecule has 3 aromatic carbocycles. The molecule has 42 heavy (non-hydrogen) atoms. The minimum absolute atomic E-state index is 0.182. The number of aryl methyl sites for hydroxylation is 1. The number of aromatic nitrogens is 2. The molecule has 3 heterocycles. The third-order valence-corrected chi connectivity index (χ3v) is 8.59. The molecule has 9 heteroatoms. The van der Waals surface area contributed by atoms with Gasteiger partial charge in [-0.25, -0.2) is 0 Å². The van der Waals surface area contributed by atoms with Crippen molar-refractivity contribution in [2.45, 2.75) is 25.9 Å². The van der Waals surface area contributed by atoms with Gasteiger partial charge in [0.25, 0.3) is 0 Å². The summed E-state index contributed by atoms with van der Waals surface area (Å²) in [5, 5.41) is 5.18. The van der Waals surface area contributed by atoms with Gasteiger partial charge >= 0.3 is 0 Å². The van der Waals surface area contributed by atoms with Gasteiger partial charge in [0, 0.05) is 23.3 Å². The zero-order valence-corrected chi connectivity index (χ0v) is 25.5. The molecule has 0 spiro atoms. The van der Waals surface area contributed by atoms with Crippen LogP contribution in [0.15, 0.2) is 97.2 Å². The Kier molecular flexibility index (Phi) is 7.82. The van der Waals surface area contributed by atoms with E-state index in [9.17, 15) is 0 Å². The molecule has 1 aliphatic heterocycles. The van der Waals surface area contributed by atoms with E-state index in [0.29, 0.717) is 20.9 Å². The van der Waals surface area contributed by atoms with Crippen molar-refractivity contribution in [3.05, 3.63) is 130 Å². The third kappa shape index (κ3) is 5.20. The van der Waals surface area contributed by atoms with E-state index in [4.69, 9.17) is 49.9 Å². The number of benzene rings is 3. The minimum atomic E-state index is -0.183. The van der Waals surface area contributed by atoms with Gasteiger partial charge in [-0.05, 0) is 110 Å². The van der Waals surface area contributed by atoms with Crippen molar-refractivity contribution in [2.24, 2.45) is 0 Å². The van der Waals surface area contributed by atoms with E-state index < -0.39 is 0 Å². The van der Waals surface area contributed by atoms with Gasteiger partial charge in [-0.1, -0.05) is 35.3 Å². The first-order chi connectivity index (χ1) is 20.4. The highest BCUT2D eigenvalue weighted by Crippen LogP contribution is 2.44. The van der Waals surface area contributed by atoms with E-state index in [1.54, 1.807) is 19.4 Å². The SMILES string of the molecule is COc1ccc(Oc2ccc(N3C(=S)N[C@H](c4ccccn4)[C@H]3c3cc(C)n(-c4cccc(Cl)c4Cl)c3C)cc2)cc1. The van der Waals surface area contributed by atoms with Crippen molar-refractivity contribution in [3.8, 4) is 22.9 Å². The van der Waals surface area contributed by atoms with Crippen molar-refractivity contribution >= 4 is 46.2 Å². The lowest BCUT2D eigenvalue weighted by Crippen LogP contribution is -2.29. The number of hydrogen-bond donors (Lipinski definition) is 1. The van der Waals surface area contributed by atoms with Gasteiger partial charge < -0.3 is 24.3 Å². The van der Waals surface area contributed by atoms with Crippen LogP contribution in [0.2, 0.25) is 10.0 Å². The van der Waals surface area contributed by atoms with Crippen molar-refractivity contribution in [1.29, 1.82) is 0 Å². The maximum Gasteiger partial charge on any atom is 0.174 e. The molecule has 6 nitrogen and oxygen atoms in total. The molecular weight excluding hydrogens is 587 g/mol. The van der Waals surface area contributed by atoms with Crippen LogP contribution >= 0.6 is 35.4 Å². The Balaban J connectivity index is 1.40. The first-order valence-corrected chi connectivity index (χ1v) is 14.6. The molecule has 0 aliphatic carbocycles. The van der Waals surface area contributed by atoms with Crippen LogP contribution in [0.5, 0.6) is 17.2 Å². The van der Waals surface area contributed by atoms with Crippen LogP contribution in [0.25, 0.3) is 5.69 Å². The Bertz CT molecular complexity index is 1740. The average Bonchev–Trinajstić information content (AvgIpc) is 3.50. The summed E-state index contributed by atoms with van der Waals surface area (Å²) in [5.74, 6) is 2.22. The number of nitrogens with zero attached hydrogens (tertiary/aromatic N) is 3. The monoisotopic (exact) mass is 614 g/mol. The maximum absolute atomic E-state index is 6.68. The van der Waals surface area contributed by atoms with Crippen molar-refractivity contribution in [3.63, 3.8) is 0 Å². The lowest BCUT2D eigenvalue weighted by Gasteiger charge is -2.28. The molecule has 0 radical (unpaired) electrons. The van der Waals surface area contributed by atoms with Gasteiger partial charge in [-0.2, -0.15) is 0 Å². The zero-order valence-electron chi connectivity index (χ0n) is 23.2. The standard InChI is InChI=1S/C33H28Cl2N4O2S/c1-20-19-26(21(2)38(20)29-9-6-7-27(34)30(29)35)32-31(28-8-4-5-18-36-28)37-33(42)39(32)22-10-12-24(13-11-22)41-25-16-14-23(40-3)15-17-25/h4-19,31-32H,1-3H3,(H,37,42)/t31-,32-/m1/s1. The predicted molar refractivity (Wildman–Crippen MR) is 173 cm³/mol. The molecule has 1 aliphatic rings. The lowest BCUT2D eigenvalue weighted by molar-refractivity contribution is 0.413. The molecule has 1 N–H and O–H groups in total. The van der Waals surface area contributed by atoms with Crippen molar-refractivity contribution in [1.82, 2.24) is 14.9 Å². The van der Waals surface area contributed by atoms with E-state index in [1.807, 2.05) is 78.9 Å². The van der Waals surface area contributed by atoms with Gasteiger partial charge in [0.1, 0.15) is 17.2 Å². The number of halogens is 2. The second kappa shape index (κ2) is 11.7. The number of ether oxygens (including phenoxy) is 2. The number of pyridine rings is 1. The summed E-state index contributed by atoms with van der Waals surface area (Å²) in [6.07, 6.45) is 1.81. The Hall–Kier alpha value is -4.04. The Morgan fingerprint density at radius 2 is 1.55 bits per heavy atom. The van der Waals surface area contributed by atoms with E-state index in [0.717, 1.165) is 45.5 Å². The highest BCUT2D eigenvalue weighted by molar-refractivity contribution is 7.80. The zero-order chi connectivity index (χ0) is 29.4. The van der Waals surface area contributed by atoms with Gasteiger partial charge in [-0.3, -0.25) is 4.98 Å². The summed E-state index contributed by atoms with van der Waals surface area (Å²) in [6, 6.07) is 28.9. The molecule has 6 rings (SSSR count). The second-order valence-corrected chi connectivity index (χ2v) is 11.2. The number of hydrogen-bond acceptors (Lipinski definition) is 4. The average molecular weight is 616 g/mol. The van der Waals surface area contributed by atoms with Gasteiger partial charge in [0.2, 0.25) is 0 Å². The molecule has 2 aromatic heterocycles.